The number of hydrogen-bond acceptors (Lipinski definition) is 3. The number of nitrogens with one attached hydrogen (secondary N) is 1. The van der Waals surface area contributed by atoms with E-state index in [2.05, 4.69) is 27.9 Å². The lowest BCUT2D eigenvalue weighted by Crippen LogP contribution is -2.37. The SMILES string of the molecule is COC(CNC(=O)c1ccc(I)cc1)C(=O)O. The number of amides is 1. The van der Waals surface area contributed by atoms with Crippen LogP contribution in [-0.4, -0.2) is 36.7 Å². The number of hydrogen-bond donors (Lipinski definition) is 2. The summed E-state index contributed by atoms with van der Waals surface area (Å²) >= 11 is 2.14. The van der Waals surface area contributed by atoms with E-state index in [9.17, 15) is 9.59 Å². The van der Waals surface area contributed by atoms with Gasteiger partial charge in [0.1, 0.15) is 0 Å². The number of carbonyl (C=O) groups excluding carboxylic acids is 1. The molecule has 0 fully saturated rings. The summed E-state index contributed by atoms with van der Waals surface area (Å²) in [5.41, 5.74) is 0.491. The first-order chi connectivity index (χ1) is 8.04. The van der Waals surface area contributed by atoms with E-state index in [1.54, 1.807) is 24.3 Å². The average Bonchev–Trinajstić information content (AvgIpc) is 2.30. The Morgan fingerprint density at radius 2 is 2.00 bits per heavy atom. The van der Waals surface area contributed by atoms with Crippen molar-refractivity contribution in [3.63, 3.8) is 0 Å². The third-order valence-corrected chi connectivity index (χ3v) is 2.83. The molecule has 0 aliphatic rings. The quantitative estimate of drug-likeness (QED) is 0.782. The topological polar surface area (TPSA) is 75.6 Å². The van der Waals surface area contributed by atoms with Crippen LogP contribution in [0.15, 0.2) is 24.3 Å². The van der Waals surface area contributed by atoms with Crippen molar-refractivity contribution in [2.24, 2.45) is 0 Å². The van der Waals surface area contributed by atoms with Gasteiger partial charge in [-0.05, 0) is 46.9 Å². The minimum Gasteiger partial charge on any atom is -0.479 e. The van der Waals surface area contributed by atoms with Crippen molar-refractivity contribution >= 4 is 34.5 Å². The first-order valence-electron chi connectivity index (χ1n) is 4.84. The van der Waals surface area contributed by atoms with E-state index >= 15 is 0 Å². The van der Waals surface area contributed by atoms with Gasteiger partial charge in [0.25, 0.3) is 5.91 Å². The molecule has 0 saturated carbocycles. The van der Waals surface area contributed by atoms with Crippen LogP contribution in [0.2, 0.25) is 0 Å². The Morgan fingerprint density at radius 1 is 1.41 bits per heavy atom. The first kappa shape index (κ1) is 13.9. The monoisotopic (exact) mass is 349 g/mol. The molecule has 1 amide bonds. The summed E-state index contributed by atoms with van der Waals surface area (Å²) < 4.78 is 5.73. The average molecular weight is 349 g/mol. The summed E-state index contributed by atoms with van der Waals surface area (Å²) in [7, 11) is 1.29. The van der Waals surface area contributed by atoms with Gasteiger partial charge in [-0.1, -0.05) is 0 Å². The number of carboxylic acids is 1. The number of methoxy groups -OCH3 is 1. The summed E-state index contributed by atoms with van der Waals surface area (Å²) in [4.78, 5) is 22.3. The van der Waals surface area contributed by atoms with Crippen LogP contribution in [0.4, 0.5) is 0 Å². The van der Waals surface area contributed by atoms with Crippen molar-refractivity contribution in [3.05, 3.63) is 33.4 Å². The molecule has 1 atom stereocenters. The molecule has 2 N–H and O–H groups in total. The largest absolute Gasteiger partial charge is 0.479 e. The number of rotatable bonds is 5. The van der Waals surface area contributed by atoms with Crippen molar-refractivity contribution in [1.82, 2.24) is 5.32 Å². The minimum absolute atomic E-state index is 0.0589. The fourth-order valence-electron chi connectivity index (χ4n) is 1.16. The third kappa shape index (κ3) is 4.31. The van der Waals surface area contributed by atoms with Gasteiger partial charge in [-0.15, -0.1) is 0 Å². The molecule has 0 aliphatic heterocycles. The maximum atomic E-state index is 11.6. The Labute approximate surface area is 112 Å². The van der Waals surface area contributed by atoms with E-state index < -0.39 is 12.1 Å². The number of carbonyl (C=O) groups is 2. The van der Waals surface area contributed by atoms with Gasteiger partial charge >= 0.3 is 5.97 Å². The number of halogens is 1. The fraction of sp³-hybridized carbons (Fsp3) is 0.273. The molecular formula is C11H12INO4. The molecule has 6 heteroatoms. The third-order valence-electron chi connectivity index (χ3n) is 2.11. The number of ether oxygens (including phenoxy) is 1. The lowest BCUT2D eigenvalue weighted by molar-refractivity contribution is -0.148. The molecule has 92 valence electrons. The molecule has 1 aromatic carbocycles. The normalized spacial score (nSPS) is 11.9. The lowest BCUT2D eigenvalue weighted by atomic mass is 10.2. The molecule has 0 saturated heterocycles. The van der Waals surface area contributed by atoms with E-state index in [1.807, 2.05) is 0 Å². The van der Waals surface area contributed by atoms with Crippen molar-refractivity contribution in [3.8, 4) is 0 Å². The van der Waals surface area contributed by atoms with Crippen LogP contribution in [-0.2, 0) is 9.53 Å². The highest BCUT2D eigenvalue weighted by atomic mass is 127. The molecule has 0 aromatic heterocycles. The van der Waals surface area contributed by atoms with Gasteiger partial charge in [-0.2, -0.15) is 0 Å². The standard InChI is InChI=1S/C11H12INO4/c1-17-9(11(15)16)6-13-10(14)7-2-4-8(12)5-3-7/h2-5,9H,6H2,1H3,(H,13,14)(H,15,16). The van der Waals surface area contributed by atoms with Gasteiger partial charge in [0.15, 0.2) is 6.10 Å². The molecule has 0 heterocycles. The highest BCUT2D eigenvalue weighted by Crippen LogP contribution is 2.06. The second-order valence-electron chi connectivity index (χ2n) is 3.28. The summed E-state index contributed by atoms with van der Waals surface area (Å²) in [6, 6.07) is 6.97. The van der Waals surface area contributed by atoms with Crippen molar-refractivity contribution in [2.75, 3.05) is 13.7 Å². The van der Waals surface area contributed by atoms with Crippen molar-refractivity contribution in [1.29, 1.82) is 0 Å². The van der Waals surface area contributed by atoms with Gasteiger partial charge in [0, 0.05) is 16.2 Å². The summed E-state index contributed by atoms with van der Waals surface area (Å²) in [5.74, 6) is -1.42. The predicted octanol–water partition coefficient (Wildman–Crippen LogP) is 1.12. The van der Waals surface area contributed by atoms with Gasteiger partial charge in [-0.3, -0.25) is 4.79 Å². The smallest absolute Gasteiger partial charge is 0.334 e. The van der Waals surface area contributed by atoms with Crippen LogP contribution in [0, 0.1) is 3.57 Å². The van der Waals surface area contributed by atoms with Crippen LogP contribution in [0.1, 0.15) is 10.4 Å². The van der Waals surface area contributed by atoms with Crippen LogP contribution in [0.5, 0.6) is 0 Å². The highest BCUT2D eigenvalue weighted by Gasteiger charge is 2.17. The molecule has 17 heavy (non-hydrogen) atoms. The van der Waals surface area contributed by atoms with Crippen molar-refractivity contribution in [2.45, 2.75) is 6.10 Å². The predicted molar refractivity (Wildman–Crippen MR) is 69.9 cm³/mol. The van der Waals surface area contributed by atoms with E-state index in [-0.39, 0.29) is 12.5 Å². The molecular weight excluding hydrogens is 337 g/mol. The summed E-state index contributed by atoms with van der Waals surface area (Å²) in [6.07, 6.45) is -1.03. The summed E-state index contributed by atoms with van der Waals surface area (Å²) in [5, 5.41) is 11.2. The van der Waals surface area contributed by atoms with E-state index in [4.69, 9.17) is 9.84 Å². The number of aliphatic carboxylic acids is 1. The zero-order valence-electron chi connectivity index (χ0n) is 9.14. The zero-order chi connectivity index (χ0) is 12.8. The minimum atomic E-state index is -1.10. The summed E-state index contributed by atoms with van der Waals surface area (Å²) in [6.45, 7) is -0.0589. The Bertz CT molecular complexity index is 404. The molecule has 0 bridgehead atoms. The Hall–Kier alpha value is -1.15. The lowest BCUT2D eigenvalue weighted by Gasteiger charge is -2.11. The highest BCUT2D eigenvalue weighted by molar-refractivity contribution is 14.1. The van der Waals surface area contributed by atoms with Gasteiger partial charge in [0.05, 0.1) is 6.54 Å². The Morgan fingerprint density at radius 3 is 2.47 bits per heavy atom. The molecule has 1 aromatic rings. The van der Waals surface area contributed by atoms with Crippen LogP contribution in [0.3, 0.4) is 0 Å². The number of carboxylic acid groups (broad SMARTS) is 1. The van der Waals surface area contributed by atoms with Gasteiger partial charge in [-0.25, -0.2) is 4.79 Å². The molecule has 0 spiro atoms. The molecule has 0 radical (unpaired) electrons. The maximum absolute atomic E-state index is 11.6. The zero-order valence-corrected chi connectivity index (χ0v) is 11.3. The molecule has 1 rings (SSSR count). The van der Waals surface area contributed by atoms with Crippen LogP contribution < -0.4 is 5.32 Å². The first-order valence-corrected chi connectivity index (χ1v) is 5.92. The van der Waals surface area contributed by atoms with Gasteiger partial charge in [0.2, 0.25) is 0 Å². The van der Waals surface area contributed by atoms with E-state index in [0.29, 0.717) is 5.56 Å². The van der Waals surface area contributed by atoms with Gasteiger partial charge < -0.3 is 15.2 Å². The molecule has 5 nitrogen and oxygen atoms in total. The van der Waals surface area contributed by atoms with Crippen LogP contribution in [0.25, 0.3) is 0 Å². The van der Waals surface area contributed by atoms with E-state index in [0.717, 1.165) is 3.57 Å². The maximum Gasteiger partial charge on any atom is 0.334 e. The second-order valence-corrected chi connectivity index (χ2v) is 4.53. The Kier molecular flexibility index (Phi) is 5.36. The van der Waals surface area contributed by atoms with Crippen molar-refractivity contribution < 1.29 is 19.4 Å². The van der Waals surface area contributed by atoms with Crippen LogP contribution >= 0.6 is 22.6 Å². The molecule has 0 aliphatic carbocycles. The number of benzene rings is 1. The second kappa shape index (κ2) is 6.55. The Balaban J connectivity index is 2.55. The fourth-order valence-corrected chi connectivity index (χ4v) is 1.52. The van der Waals surface area contributed by atoms with E-state index in [1.165, 1.54) is 7.11 Å². The molecule has 1 unspecified atom stereocenters.